The molecule has 0 fully saturated rings. The highest BCUT2D eigenvalue weighted by atomic mass is 35.5. The Morgan fingerprint density at radius 1 is 1.58 bits per heavy atom. The third-order valence-corrected chi connectivity index (χ3v) is 1.85. The highest BCUT2D eigenvalue weighted by molar-refractivity contribution is 6.32. The average Bonchev–Trinajstić information content (AvgIpc) is 2.00. The van der Waals surface area contributed by atoms with Crippen molar-refractivity contribution in [3.63, 3.8) is 0 Å². The number of nitrogens with zero attached hydrogens (tertiary/aromatic N) is 1. The standard InChI is InChI=1S/C7H6ClNO3/c1-4-6(9(11)12)3-2-5(8)7(4)10/h2-3,10H,1H3. The Balaban J connectivity index is 3.36. The SMILES string of the molecule is Cc1c([N+](=O)[O-])ccc(Cl)c1O. The maximum atomic E-state index is 10.3. The van der Waals surface area contributed by atoms with Crippen LogP contribution in [0.5, 0.6) is 5.75 Å². The van der Waals surface area contributed by atoms with Crippen molar-refractivity contribution in [1.29, 1.82) is 0 Å². The molecule has 0 saturated carbocycles. The van der Waals surface area contributed by atoms with E-state index < -0.39 is 4.92 Å². The van der Waals surface area contributed by atoms with Gasteiger partial charge in [-0.1, -0.05) is 11.6 Å². The molecule has 0 aliphatic heterocycles. The van der Waals surface area contributed by atoms with E-state index in [1.165, 1.54) is 19.1 Å². The normalized spacial score (nSPS) is 9.83. The van der Waals surface area contributed by atoms with Crippen LogP contribution in [0.1, 0.15) is 5.56 Å². The van der Waals surface area contributed by atoms with Crippen molar-refractivity contribution in [2.45, 2.75) is 6.92 Å². The highest BCUT2D eigenvalue weighted by Gasteiger charge is 2.15. The molecule has 0 aliphatic rings. The Morgan fingerprint density at radius 2 is 2.17 bits per heavy atom. The van der Waals surface area contributed by atoms with Gasteiger partial charge in [0.15, 0.2) is 0 Å². The molecule has 64 valence electrons. The molecular weight excluding hydrogens is 182 g/mol. The summed E-state index contributed by atoms with van der Waals surface area (Å²) in [6, 6.07) is 2.55. The van der Waals surface area contributed by atoms with Gasteiger partial charge in [-0.05, 0) is 13.0 Å². The van der Waals surface area contributed by atoms with E-state index in [0.29, 0.717) is 0 Å². The van der Waals surface area contributed by atoms with Gasteiger partial charge in [-0.3, -0.25) is 10.1 Å². The van der Waals surface area contributed by atoms with Gasteiger partial charge in [-0.2, -0.15) is 0 Å². The Morgan fingerprint density at radius 3 is 2.67 bits per heavy atom. The zero-order valence-electron chi connectivity index (χ0n) is 6.24. The van der Waals surface area contributed by atoms with Gasteiger partial charge in [-0.25, -0.2) is 0 Å². The van der Waals surface area contributed by atoms with Crippen LogP contribution in [-0.4, -0.2) is 10.0 Å². The molecule has 5 heteroatoms. The fraction of sp³-hybridized carbons (Fsp3) is 0.143. The number of hydrogen-bond donors (Lipinski definition) is 1. The molecule has 0 unspecified atom stereocenters. The van der Waals surface area contributed by atoms with Crippen LogP contribution in [0, 0.1) is 17.0 Å². The summed E-state index contributed by atoms with van der Waals surface area (Å²) in [4.78, 5) is 9.77. The van der Waals surface area contributed by atoms with Crippen LogP contribution in [-0.2, 0) is 0 Å². The Hall–Kier alpha value is -1.29. The van der Waals surface area contributed by atoms with E-state index in [-0.39, 0.29) is 22.0 Å². The van der Waals surface area contributed by atoms with Crippen LogP contribution in [0.25, 0.3) is 0 Å². The Kier molecular flexibility index (Phi) is 2.19. The molecule has 0 saturated heterocycles. The summed E-state index contributed by atoms with van der Waals surface area (Å²) in [7, 11) is 0. The van der Waals surface area contributed by atoms with E-state index in [1.807, 2.05) is 0 Å². The van der Waals surface area contributed by atoms with Gasteiger partial charge in [-0.15, -0.1) is 0 Å². The summed E-state index contributed by atoms with van der Waals surface area (Å²) >= 11 is 5.52. The molecule has 1 N–H and O–H groups in total. The molecule has 1 aromatic carbocycles. The fourth-order valence-electron chi connectivity index (χ4n) is 0.854. The number of rotatable bonds is 1. The second kappa shape index (κ2) is 2.98. The first kappa shape index (κ1) is 8.80. The molecule has 0 bridgehead atoms. The van der Waals surface area contributed by atoms with Crippen LogP contribution >= 0.6 is 11.6 Å². The first-order chi connectivity index (χ1) is 5.54. The van der Waals surface area contributed by atoms with Crippen molar-refractivity contribution in [3.05, 3.63) is 32.8 Å². The maximum Gasteiger partial charge on any atom is 0.276 e. The third-order valence-electron chi connectivity index (χ3n) is 1.55. The first-order valence-corrected chi connectivity index (χ1v) is 3.54. The summed E-state index contributed by atoms with van der Waals surface area (Å²) in [5.41, 5.74) is 0.0596. The predicted molar refractivity (Wildman–Crippen MR) is 44.5 cm³/mol. The molecule has 1 aromatic rings. The molecule has 0 radical (unpaired) electrons. The molecule has 4 nitrogen and oxygen atoms in total. The number of phenolic OH excluding ortho intramolecular Hbond substituents is 1. The minimum Gasteiger partial charge on any atom is -0.506 e. The van der Waals surface area contributed by atoms with Gasteiger partial charge < -0.3 is 5.11 Å². The van der Waals surface area contributed by atoms with Crippen molar-refractivity contribution in [3.8, 4) is 5.75 Å². The van der Waals surface area contributed by atoms with Gasteiger partial charge >= 0.3 is 0 Å². The number of benzene rings is 1. The summed E-state index contributed by atoms with van der Waals surface area (Å²) < 4.78 is 0. The largest absolute Gasteiger partial charge is 0.506 e. The fourth-order valence-corrected chi connectivity index (χ4v) is 1.06. The van der Waals surface area contributed by atoms with Crippen LogP contribution < -0.4 is 0 Å². The molecule has 0 heterocycles. The van der Waals surface area contributed by atoms with Crippen molar-refractivity contribution in [2.24, 2.45) is 0 Å². The number of nitro groups is 1. The lowest BCUT2D eigenvalue weighted by molar-refractivity contribution is -0.385. The van der Waals surface area contributed by atoms with Crippen LogP contribution in [0.2, 0.25) is 5.02 Å². The smallest absolute Gasteiger partial charge is 0.276 e. The predicted octanol–water partition coefficient (Wildman–Crippen LogP) is 2.26. The molecule has 0 amide bonds. The van der Waals surface area contributed by atoms with E-state index in [9.17, 15) is 15.2 Å². The summed E-state index contributed by atoms with van der Waals surface area (Å²) in [6.07, 6.45) is 0. The van der Waals surface area contributed by atoms with Crippen molar-refractivity contribution < 1.29 is 10.0 Å². The number of phenols is 1. The third kappa shape index (κ3) is 1.33. The Bertz CT molecular complexity index is 338. The monoisotopic (exact) mass is 187 g/mol. The number of hydrogen-bond acceptors (Lipinski definition) is 3. The van der Waals surface area contributed by atoms with Crippen molar-refractivity contribution in [2.75, 3.05) is 0 Å². The van der Waals surface area contributed by atoms with Crippen LogP contribution in [0.3, 0.4) is 0 Å². The minimum atomic E-state index is -0.564. The van der Waals surface area contributed by atoms with E-state index in [4.69, 9.17) is 11.6 Å². The van der Waals surface area contributed by atoms with Crippen LogP contribution in [0.4, 0.5) is 5.69 Å². The molecular formula is C7H6ClNO3. The van der Waals surface area contributed by atoms with E-state index in [2.05, 4.69) is 0 Å². The minimum absolute atomic E-state index is 0.123. The highest BCUT2D eigenvalue weighted by Crippen LogP contribution is 2.32. The summed E-state index contributed by atoms with van der Waals surface area (Å²) in [5, 5.41) is 19.7. The lowest BCUT2D eigenvalue weighted by Crippen LogP contribution is -1.91. The zero-order valence-corrected chi connectivity index (χ0v) is 7.00. The van der Waals surface area contributed by atoms with E-state index >= 15 is 0 Å². The maximum absolute atomic E-state index is 10.3. The zero-order chi connectivity index (χ0) is 9.30. The summed E-state index contributed by atoms with van der Waals surface area (Å²) in [6.45, 7) is 1.44. The number of aromatic hydroxyl groups is 1. The van der Waals surface area contributed by atoms with Gasteiger partial charge in [0.2, 0.25) is 0 Å². The molecule has 1 rings (SSSR count). The molecule has 0 aliphatic carbocycles. The van der Waals surface area contributed by atoms with Crippen molar-refractivity contribution in [1.82, 2.24) is 0 Å². The second-order valence-corrected chi connectivity index (χ2v) is 2.70. The lowest BCUT2D eigenvalue weighted by atomic mass is 10.2. The average molecular weight is 188 g/mol. The Labute approximate surface area is 73.5 Å². The lowest BCUT2D eigenvalue weighted by Gasteiger charge is -2.00. The summed E-state index contributed by atoms with van der Waals surface area (Å²) in [5.74, 6) is -0.231. The van der Waals surface area contributed by atoms with Gasteiger partial charge in [0.1, 0.15) is 5.75 Å². The van der Waals surface area contributed by atoms with Crippen molar-refractivity contribution >= 4 is 17.3 Å². The number of halogens is 1. The van der Waals surface area contributed by atoms with Gasteiger partial charge in [0, 0.05) is 6.07 Å². The second-order valence-electron chi connectivity index (χ2n) is 2.30. The van der Waals surface area contributed by atoms with Gasteiger partial charge in [0.25, 0.3) is 5.69 Å². The number of nitro benzene ring substituents is 1. The molecule has 0 spiro atoms. The molecule has 0 aromatic heterocycles. The topological polar surface area (TPSA) is 63.4 Å². The van der Waals surface area contributed by atoms with Crippen LogP contribution in [0.15, 0.2) is 12.1 Å². The van der Waals surface area contributed by atoms with Gasteiger partial charge in [0.05, 0.1) is 15.5 Å². The first-order valence-electron chi connectivity index (χ1n) is 3.16. The van der Waals surface area contributed by atoms with E-state index in [1.54, 1.807) is 0 Å². The van der Waals surface area contributed by atoms with E-state index in [0.717, 1.165) is 0 Å². The quantitative estimate of drug-likeness (QED) is 0.542. The molecule has 12 heavy (non-hydrogen) atoms. The molecule has 0 atom stereocenters.